The molecule has 1 unspecified atom stereocenters. The molecule has 7 nitrogen and oxygen atoms in total. The second kappa shape index (κ2) is 13.5. The van der Waals surface area contributed by atoms with Crippen LogP contribution in [0, 0.1) is 5.92 Å². The number of hydrogen-bond acceptors (Lipinski definition) is 4. The van der Waals surface area contributed by atoms with Crippen LogP contribution in [-0.4, -0.2) is 50.5 Å². The van der Waals surface area contributed by atoms with E-state index in [-0.39, 0.29) is 43.7 Å². The molecule has 0 aromatic heterocycles. The van der Waals surface area contributed by atoms with E-state index in [2.05, 4.69) is 5.32 Å². The average molecular weight is 577 g/mol. The number of nitrogens with zero attached hydrogens (tertiary/aromatic N) is 2. The molecule has 0 saturated heterocycles. The van der Waals surface area contributed by atoms with Gasteiger partial charge in [0.1, 0.15) is 6.04 Å². The molecule has 0 aliphatic heterocycles. The van der Waals surface area contributed by atoms with Crippen LogP contribution in [0.2, 0.25) is 15.1 Å². The molecule has 0 bridgehead atoms. The number of nitrogens with one attached hydrogen (secondary N) is 1. The minimum absolute atomic E-state index is 0.0173. The van der Waals surface area contributed by atoms with Crippen LogP contribution >= 0.6 is 34.8 Å². The van der Waals surface area contributed by atoms with E-state index in [0.717, 1.165) is 6.26 Å². The van der Waals surface area contributed by atoms with E-state index in [4.69, 9.17) is 34.8 Å². The van der Waals surface area contributed by atoms with Crippen LogP contribution in [0.5, 0.6) is 0 Å². The lowest BCUT2D eigenvalue weighted by atomic mass is 10.1. The Kier molecular flexibility index (Phi) is 11.3. The number of benzene rings is 2. The van der Waals surface area contributed by atoms with Crippen molar-refractivity contribution in [3.63, 3.8) is 0 Å². The maximum Gasteiger partial charge on any atom is 0.242 e. The lowest BCUT2D eigenvalue weighted by molar-refractivity contribution is -0.140. The quantitative estimate of drug-likeness (QED) is 0.367. The van der Waals surface area contributed by atoms with Crippen molar-refractivity contribution < 1.29 is 18.0 Å². The highest BCUT2D eigenvalue weighted by Crippen LogP contribution is 2.27. The number of carbonyl (C=O) groups excluding carboxylic acids is 2. The van der Waals surface area contributed by atoms with Gasteiger partial charge in [-0.2, -0.15) is 0 Å². The van der Waals surface area contributed by atoms with Gasteiger partial charge in [-0.25, -0.2) is 8.42 Å². The molecule has 0 saturated carbocycles. The lowest BCUT2D eigenvalue weighted by Crippen LogP contribution is -2.48. The summed E-state index contributed by atoms with van der Waals surface area (Å²) in [6.45, 7) is 6.20. The highest BCUT2D eigenvalue weighted by atomic mass is 35.5. The van der Waals surface area contributed by atoms with Crippen molar-refractivity contribution in [1.82, 2.24) is 10.2 Å². The Bertz CT molecular complexity index is 1140. The highest BCUT2D eigenvalue weighted by Gasteiger charge is 2.28. The molecule has 0 heterocycles. The minimum Gasteiger partial charge on any atom is -0.354 e. The monoisotopic (exact) mass is 575 g/mol. The van der Waals surface area contributed by atoms with Crippen molar-refractivity contribution in [2.75, 3.05) is 23.7 Å². The molecule has 0 spiro atoms. The van der Waals surface area contributed by atoms with Gasteiger partial charge in [0.15, 0.2) is 0 Å². The second-order valence-electron chi connectivity index (χ2n) is 8.95. The fourth-order valence-electron chi connectivity index (χ4n) is 3.50. The Balaban J connectivity index is 2.21. The van der Waals surface area contributed by atoms with Crippen LogP contribution in [0.4, 0.5) is 5.69 Å². The maximum atomic E-state index is 13.3. The van der Waals surface area contributed by atoms with Crippen LogP contribution in [0.25, 0.3) is 0 Å². The SMILES string of the molecule is CC(C)CNC(=O)C(C)N(Cc1c(Cl)cccc1Cl)C(=O)CCCN(c1ccc(Cl)cc1)S(C)(=O)=O. The van der Waals surface area contributed by atoms with Gasteiger partial charge in [-0.3, -0.25) is 13.9 Å². The van der Waals surface area contributed by atoms with Crippen molar-refractivity contribution in [2.24, 2.45) is 5.92 Å². The van der Waals surface area contributed by atoms with E-state index in [1.54, 1.807) is 49.4 Å². The first kappa shape index (κ1) is 30.2. The maximum absolute atomic E-state index is 13.3. The molecule has 2 rings (SSSR count). The van der Waals surface area contributed by atoms with Crippen molar-refractivity contribution in [3.8, 4) is 0 Å². The third kappa shape index (κ3) is 8.83. The van der Waals surface area contributed by atoms with Gasteiger partial charge >= 0.3 is 0 Å². The van der Waals surface area contributed by atoms with Gasteiger partial charge in [0.05, 0.1) is 11.9 Å². The fourth-order valence-corrected chi connectivity index (χ4v) is 5.11. The van der Waals surface area contributed by atoms with Gasteiger partial charge in [0, 0.05) is 46.7 Å². The Morgan fingerprint density at radius 2 is 1.56 bits per heavy atom. The molecule has 0 aliphatic rings. The van der Waals surface area contributed by atoms with Gasteiger partial charge in [0.2, 0.25) is 21.8 Å². The lowest BCUT2D eigenvalue weighted by Gasteiger charge is -2.30. The van der Waals surface area contributed by atoms with Crippen LogP contribution in [0.15, 0.2) is 42.5 Å². The number of anilines is 1. The molecule has 0 aliphatic carbocycles. The molecule has 198 valence electrons. The molecule has 2 aromatic carbocycles. The van der Waals surface area contributed by atoms with Crippen molar-refractivity contribution in [3.05, 3.63) is 63.1 Å². The summed E-state index contributed by atoms with van der Waals surface area (Å²) in [5.74, 6) is -0.361. The molecule has 2 aromatic rings. The number of rotatable bonds is 12. The van der Waals surface area contributed by atoms with E-state index in [1.807, 2.05) is 13.8 Å². The smallest absolute Gasteiger partial charge is 0.242 e. The summed E-state index contributed by atoms with van der Waals surface area (Å²) in [6, 6.07) is 10.7. The first-order valence-corrected chi connectivity index (χ1v) is 14.5. The normalized spacial score (nSPS) is 12.3. The molecular formula is C25H32Cl3N3O4S. The Labute approximate surface area is 228 Å². The fraction of sp³-hybridized carbons (Fsp3) is 0.440. The van der Waals surface area contributed by atoms with E-state index < -0.39 is 16.1 Å². The average Bonchev–Trinajstić information content (AvgIpc) is 2.79. The van der Waals surface area contributed by atoms with Gasteiger partial charge in [-0.15, -0.1) is 0 Å². The summed E-state index contributed by atoms with van der Waals surface area (Å²) in [5.41, 5.74) is 0.993. The van der Waals surface area contributed by atoms with Gasteiger partial charge < -0.3 is 10.2 Å². The number of sulfonamides is 1. The highest BCUT2D eigenvalue weighted by molar-refractivity contribution is 7.92. The Morgan fingerprint density at radius 1 is 0.972 bits per heavy atom. The topological polar surface area (TPSA) is 86.8 Å². The number of hydrogen-bond donors (Lipinski definition) is 1. The van der Waals surface area contributed by atoms with Crippen molar-refractivity contribution in [2.45, 2.75) is 46.2 Å². The first-order chi connectivity index (χ1) is 16.8. The van der Waals surface area contributed by atoms with Gasteiger partial charge in [-0.05, 0) is 55.7 Å². The van der Waals surface area contributed by atoms with Crippen LogP contribution < -0.4 is 9.62 Å². The zero-order valence-electron chi connectivity index (χ0n) is 20.8. The van der Waals surface area contributed by atoms with Crippen LogP contribution in [0.1, 0.15) is 39.2 Å². The van der Waals surface area contributed by atoms with E-state index in [1.165, 1.54) is 9.21 Å². The third-order valence-corrected chi connectivity index (χ3v) is 7.66. The zero-order valence-corrected chi connectivity index (χ0v) is 23.9. The van der Waals surface area contributed by atoms with E-state index >= 15 is 0 Å². The predicted octanol–water partition coefficient (Wildman–Crippen LogP) is 5.38. The second-order valence-corrected chi connectivity index (χ2v) is 12.1. The van der Waals surface area contributed by atoms with E-state index in [0.29, 0.717) is 32.9 Å². The summed E-state index contributed by atoms with van der Waals surface area (Å²) in [5, 5.41) is 4.12. The molecular weight excluding hydrogens is 545 g/mol. The molecule has 0 fully saturated rings. The summed E-state index contributed by atoms with van der Waals surface area (Å²) in [4.78, 5) is 27.6. The molecule has 11 heteroatoms. The van der Waals surface area contributed by atoms with Gasteiger partial charge in [0.25, 0.3) is 0 Å². The number of halogens is 3. The molecule has 0 radical (unpaired) electrons. The van der Waals surface area contributed by atoms with Gasteiger partial charge in [-0.1, -0.05) is 54.7 Å². The molecule has 1 atom stereocenters. The Morgan fingerprint density at radius 3 is 2.08 bits per heavy atom. The summed E-state index contributed by atoms with van der Waals surface area (Å²) >= 11 is 18.6. The van der Waals surface area contributed by atoms with Crippen molar-refractivity contribution >= 4 is 62.3 Å². The number of amides is 2. The Hall–Kier alpha value is -2.00. The third-order valence-electron chi connectivity index (χ3n) is 5.51. The minimum atomic E-state index is -3.59. The van der Waals surface area contributed by atoms with Crippen LogP contribution in [0.3, 0.4) is 0 Å². The summed E-state index contributed by atoms with van der Waals surface area (Å²) in [7, 11) is -3.59. The van der Waals surface area contributed by atoms with Crippen LogP contribution in [-0.2, 0) is 26.2 Å². The van der Waals surface area contributed by atoms with Crippen molar-refractivity contribution in [1.29, 1.82) is 0 Å². The van der Waals surface area contributed by atoms with E-state index in [9.17, 15) is 18.0 Å². The standard InChI is InChI=1S/C25H32Cl3N3O4S/c1-17(2)15-29-25(33)18(3)30(16-21-22(27)7-5-8-23(21)28)24(32)9-6-14-31(36(4,34)35)20-12-10-19(26)11-13-20/h5,7-8,10-13,17-18H,6,9,14-16H2,1-4H3,(H,29,33). The predicted molar refractivity (Wildman–Crippen MR) is 147 cm³/mol. The molecule has 36 heavy (non-hydrogen) atoms. The largest absolute Gasteiger partial charge is 0.354 e. The molecule has 1 N–H and O–H groups in total. The zero-order chi connectivity index (χ0) is 27.0. The first-order valence-electron chi connectivity index (χ1n) is 11.5. The number of carbonyl (C=O) groups is 2. The summed E-state index contributed by atoms with van der Waals surface area (Å²) < 4.78 is 26.0. The molecule has 2 amide bonds. The summed E-state index contributed by atoms with van der Waals surface area (Å²) in [6.07, 6.45) is 1.36.